The molecule has 1 aromatic carbocycles. The molecule has 1 aromatic rings. The standard InChI is InChI=1S/C12H15FN2O.ClH/c13-10-4-1-3-9(7-10)12(16)15-6-2-5-11(14)8-15;/h1,3-4,7,11H,2,5-6,8,14H2;1H/t11-;/m1./s1. The van der Waals surface area contributed by atoms with E-state index in [0.717, 1.165) is 12.8 Å². The monoisotopic (exact) mass is 258 g/mol. The molecule has 1 amide bonds. The van der Waals surface area contributed by atoms with Gasteiger partial charge in [0.2, 0.25) is 0 Å². The number of carbonyl (C=O) groups excluding carboxylic acids is 1. The maximum absolute atomic E-state index is 13.0. The number of nitrogens with two attached hydrogens (primary N) is 1. The van der Waals surface area contributed by atoms with E-state index in [9.17, 15) is 9.18 Å². The molecule has 0 saturated carbocycles. The molecular weight excluding hydrogens is 243 g/mol. The minimum atomic E-state index is -0.382. The van der Waals surface area contributed by atoms with Gasteiger partial charge in [-0.3, -0.25) is 4.79 Å². The summed E-state index contributed by atoms with van der Waals surface area (Å²) in [6, 6.07) is 5.82. The van der Waals surface area contributed by atoms with Crippen LogP contribution in [0.2, 0.25) is 0 Å². The zero-order valence-corrected chi connectivity index (χ0v) is 10.3. The number of benzene rings is 1. The second kappa shape index (κ2) is 5.98. The Hall–Kier alpha value is -1.13. The van der Waals surface area contributed by atoms with E-state index in [1.54, 1.807) is 17.0 Å². The lowest BCUT2D eigenvalue weighted by molar-refractivity contribution is 0.0708. The average molecular weight is 259 g/mol. The van der Waals surface area contributed by atoms with Crippen LogP contribution in [0.5, 0.6) is 0 Å². The van der Waals surface area contributed by atoms with Gasteiger partial charge in [0.25, 0.3) is 5.91 Å². The Kier molecular flexibility index (Phi) is 4.90. The Bertz CT molecular complexity index is 400. The molecule has 1 saturated heterocycles. The number of nitrogens with zero attached hydrogens (tertiary/aromatic N) is 1. The van der Waals surface area contributed by atoms with Crippen LogP contribution < -0.4 is 5.73 Å². The molecule has 5 heteroatoms. The average Bonchev–Trinajstić information content (AvgIpc) is 2.28. The summed E-state index contributed by atoms with van der Waals surface area (Å²) in [6.07, 6.45) is 1.87. The quantitative estimate of drug-likeness (QED) is 0.835. The first-order chi connectivity index (χ1) is 7.66. The third-order valence-electron chi connectivity index (χ3n) is 2.82. The fourth-order valence-corrected chi connectivity index (χ4v) is 2.00. The van der Waals surface area contributed by atoms with Gasteiger partial charge in [-0.05, 0) is 31.0 Å². The third kappa shape index (κ3) is 3.41. The number of rotatable bonds is 1. The van der Waals surface area contributed by atoms with Gasteiger partial charge in [-0.1, -0.05) is 6.07 Å². The maximum Gasteiger partial charge on any atom is 0.254 e. The molecule has 1 heterocycles. The summed E-state index contributed by atoms with van der Waals surface area (Å²) in [5.74, 6) is -0.512. The van der Waals surface area contributed by atoms with Crippen molar-refractivity contribution in [2.24, 2.45) is 5.73 Å². The molecule has 0 aliphatic carbocycles. The molecule has 2 N–H and O–H groups in total. The third-order valence-corrected chi connectivity index (χ3v) is 2.82. The van der Waals surface area contributed by atoms with Gasteiger partial charge in [0, 0.05) is 24.7 Å². The number of hydrogen-bond donors (Lipinski definition) is 1. The Labute approximate surface area is 106 Å². The Balaban J connectivity index is 0.00000144. The zero-order valence-electron chi connectivity index (χ0n) is 9.43. The van der Waals surface area contributed by atoms with E-state index in [-0.39, 0.29) is 30.2 Å². The van der Waals surface area contributed by atoms with Gasteiger partial charge >= 0.3 is 0 Å². The molecule has 2 rings (SSSR count). The molecule has 3 nitrogen and oxygen atoms in total. The molecule has 0 spiro atoms. The number of amides is 1. The van der Waals surface area contributed by atoms with Gasteiger partial charge in [0.05, 0.1) is 0 Å². The first-order valence-corrected chi connectivity index (χ1v) is 5.47. The van der Waals surface area contributed by atoms with E-state index in [4.69, 9.17) is 5.73 Å². The van der Waals surface area contributed by atoms with Crippen LogP contribution in [0.3, 0.4) is 0 Å². The van der Waals surface area contributed by atoms with Crippen molar-refractivity contribution < 1.29 is 9.18 Å². The smallest absolute Gasteiger partial charge is 0.254 e. The van der Waals surface area contributed by atoms with Crippen molar-refractivity contribution in [1.29, 1.82) is 0 Å². The van der Waals surface area contributed by atoms with Gasteiger partial charge in [0.15, 0.2) is 0 Å². The fraction of sp³-hybridized carbons (Fsp3) is 0.417. The SMILES string of the molecule is Cl.N[C@@H]1CCCN(C(=O)c2cccc(F)c2)C1. The van der Waals surface area contributed by atoms with Gasteiger partial charge in [-0.2, -0.15) is 0 Å². The molecule has 0 bridgehead atoms. The predicted octanol–water partition coefficient (Wildman–Crippen LogP) is 1.81. The van der Waals surface area contributed by atoms with Crippen molar-refractivity contribution in [1.82, 2.24) is 4.90 Å². The van der Waals surface area contributed by atoms with E-state index in [0.29, 0.717) is 18.7 Å². The summed E-state index contributed by atoms with van der Waals surface area (Å²) in [5, 5.41) is 0. The molecule has 17 heavy (non-hydrogen) atoms. The van der Waals surface area contributed by atoms with Gasteiger partial charge in [0.1, 0.15) is 5.82 Å². The van der Waals surface area contributed by atoms with E-state index >= 15 is 0 Å². The van der Waals surface area contributed by atoms with Crippen molar-refractivity contribution in [2.45, 2.75) is 18.9 Å². The minimum Gasteiger partial charge on any atom is -0.337 e. The summed E-state index contributed by atoms with van der Waals surface area (Å²) in [5.41, 5.74) is 6.20. The van der Waals surface area contributed by atoms with Crippen molar-refractivity contribution in [3.05, 3.63) is 35.6 Å². The van der Waals surface area contributed by atoms with Crippen LogP contribution in [0, 0.1) is 5.82 Å². The topological polar surface area (TPSA) is 46.3 Å². The molecular formula is C12H16ClFN2O. The molecule has 94 valence electrons. The second-order valence-corrected chi connectivity index (χ2v) is 4.16. The van der Waals surface area contributed by atoms with Crippen molar-refractivity contribution in [3.63, 3.8) is 0 Å². The van der Waals surface area contributed by atoms with Crippen LogP contribution in [0.4, 0.5) is 4.39 Å². The van der Waals surface area contributed by atoms with E-state index in [1.807, 2.05) is 0 Å². The van der Waals surface area contributed by atoms with Crippen molar-refractivity contribution >= 4 is 18.3 Å². The maximum atomic E-state index is 13.0. The number of hydrogen-bond acceptors (Lipinski definition) is 2. The van der Waals surface area contributed by atoms with Crippen LogP contribution in [0.15, 0.2) is 24.3 Å². The number of carbonyl (C=O) groups is 1. The Morgan fingerprint density at radius 3 is 2.88 bits per heavy atom. The van der Waals surface area contributed by atoms with Crippen LogP contribution in [-0.2, 0) is 0 Å². The van der Waals surface area contributed by atoms with Gasteiger partial charge in [-0.25, -0.2) is 4.39 Å². The van der Waals surface area contributed by atoms with E-state index < -0.39 is 0 Å². The number of piperidine rings is 1. The molecule has 0 aromatic heterocycles. The van der Waals surface area contributed by atoms with Crippen molar-refractivity contribution in [2.75, 3.05) is 13.1 Å². The largest absolute Gasteiger partial charge is 0.337 e. The molecule has 0 unspecified atom stereocenters. The van der Waals surface area contributed by atoms with Crippen LogP contribution in [0.25, 0.3) is 0 Å². The highest BCUT2D eigenvalue weighted by Crippen LogP contribution is 2.13. The summed E-state index contributed by atoms with van der Waals surface area (Å²) >= 11 is 0. The zero-order chi connectivity index (χ0) is 11.5. The molecule has 1 aliphatic heterocycles. The number of likely N-dealkylation sites (tertiary alicyclic amines) is 1. The molecule has 1 aliphatic rings. The Morgan fingerprint density at radius 2 is 2.24 bits per heavy atom. The predicted molar refractivity (Wildman–Crippen MR) is 66.8 cm³/mol. The molecule has 1 fully saturated rings. The fourth-order valence-electron chi connectivity index (χ4n) is 2.00. The first-order valence-electron chi connectivity index (χ1n) is 5.47. The number of halogens is 2. The lowest BCUT2D eigenvalue weighted by atomic mass is 10.1. The lowest BCUT2D eigenvalue weighted by Gasteiger charge is -2.30. The molecule has 1 atom stereocenters. The first kappa shape index (κ1) is 13.9. The minimum absolute atomic E-state index is 0. The highest BCUT2D eigenvalue weighted by atomic mass is 35.5. The van der Waals surface area contributed by atoms with Crippen LogP contribution >= 0.6 is 12.4 Å². The van der Waals surface area contributed by atoms with Crippen molar-refractivity contribution in [3.8, 4) is 0 Å². The van der Waals surface area contributed by atoms with Crippen LogP contribution in [0.1, 0.15) is 23.2 Å². The summed E-state index contributed by atoms with van der Waals surface area (Å²) in [6.45, 7) is 1.28. The molecule has 0 radical (unpaired) electrons. The van der Waals surface area contributed by atoms with E-state index in [2.05, 4.69) is 0 Å². The second-order valence-electron chi connectivity index (χ2n) is 4.16. The summed E-state index contributed by atoms with van der Waals surface area (Å²) in [7, 11) is 0. The van der Waals surface area contributed by atoms with Gasteiger partial charge in [-0.15, -0.1) is 12.4 Å². The highest BCUT2D eigenvalue weighted by Gasteiger charge is 2.22. The normalized spacial score (nSPS) is 19.6. The summed E-state index contributed by atoms with van der Waals surface area (Å²) < 4.78 is 13.0. The highest BCUT2D eigenvalue weighted by molar-refractivity contribution is 5.94. The van der Waals surface area contributed by atoms with Gasteiger partial charge < -0.3 is 10.6 Å². The van der Waals surface area contributed by atoms with Crippen LogP contribution in [-0.4, -0.2) is 29.9 Å². The Morgan fingerprint density at radius 1 is 1.47 bits per heavy atom. The summed E-state index contributed by atoms with van der Waals surface area (Å²) in [4.78, 5) is 13.7. The van der Waals surface area contributed by atoms with E-state index in [1.165, 1.54) is 12.1 Å². The lowest BCUT2D eigenvalue weighted by Crippen LogP contribution is -2.45.